The molecule has 1 aromatic rings. The van der Waals surface area contributed by atoms with Crippen molar-refractivity contribution in [1.82, 2.24) is 10.6 Å². The lowest BCUT2D eigenvalue weighted by atomic mass is 10.0. The summed E-state index contributed by atoms with van der Waals surface area (Å²) in [6.45, 7) is 7.17. The van der Waals surface area contributed by atoms with Gasteiger partial charge < -0.3 is 10.6 Å². The van der Waals surface area contributed by atoms with Crippen LogP contribution >= 0.6 is 0 Å². The average Bonchev–Trinajstić information content (AvgIpc) is 2.36. The van der Waals surface area contributed by atoms with E-state index < -0.39 is 6.04 Å². The Bertz CT molecular complexity index is 429. The molecule has 4 nitrogen and oxygen atoms in total. The van der Waals surface area contributed by atoms with Gasteiger partial charge in [-0.05, 0) is 18.4 Å². The van der Waals surface area contributed by atoms with Gasteiger partial charge in [-0.1, -0.05) is 44.2 Å². The normalized spacial score (nSPS) is 13.7. The molecule has 0 aliphatic rings. The number of rotatable bonds is 5. The van der Waals surface area contributed by atoms with E-state index in [1.54, 1.807) is 0 Å². The molecule has 0 spiro atoms. The molecule has 0 unspecified atom stereocenters. The molecule has 0 fully saturated rings. The lowest BCUT2D eigenvalue weighted by Gasteiger charge is -2.23. The Hall–Kier alpha value is -1.84. The van der Waals surface area contributed by atoms with E-state index >= 15 is 0 Å². The highest BCUT2D eigenvalue weighted by molar-refractivity contribution is 5.87. The minimum absolute atomic E-state index is 0.0480. The standard InChI is InChI=1S/C15H22N2O2/c1-10(2)14(17-12(4)18)15(19)16-11(3)13-8-6-5-7-9-13/h5-11,14H,1-4H3,(H,16,19)(H,17,18)/t11-,14-/m1/s1. The van der Waals surface area contributed by atoms with E-state index in [1.807, 2.05) is 51.1 Å². The van der Waals surface area contributed by atoms with Gasteiger partial charge in [0, 0.05) is 6.92 Å². The Labute approximate surface area is 114 Å². The quantitative estimate of drug-likeness (QED) is 0.853. The van der Waals surface area contributed by atoms with E-state index in [0.717, 1.165) is 5.56 Å². The molecule has 1 aromatic carbocycles. The molecule has 0 bridgehead atoms. The Morgan fingerprint density at radius 2 is 1.58 bits per heavy atom. The molecule has 19 heavy (non-hydrogen) atoms. The maximum Gasteiger partial charge on any atom is 0.243 e. The molecule has 2 amide bonds. The van der Waals surface area contributed by atoms with Crippen LogP contribution in [0.25, 0.3) is 0 Å². The fourth-order valence-corrected chi connectivity index (χ4v) is 1.88. The molecule has 0 aliphatic carbocycles. The van der Waals surface area contributed by atoms with Gasteiger partial charge in [-0.2, -0.15) is 0 Å². The van der Waals surface area contributed by atoms with Crippen molar-refractivity contribution in [3.63, 3.8) is 0 Å². The minimum atomic E-state index is -0.497. The summed E-state index contributed by atoms with van der Waals surface area (Å²) >= 11 is 0. The molecular formula is C15H22N2O2. The molecular weight excluding hydrogens is 240 g/mol. The highest BCUT2D eigenvalue weighted by atomic mass is 16.2. The first kappa shape index (κ1) is 15.2. The number of nitrogens with one attached hydrogen (secondary N) is 2. The van der Waals surface area contributed by atoms with Gasteiger partial charge in [0.1, 0.15) is 6.04 Å². The fraction of sp³-hybridized carbons (Fsp3) is 0.467. The highest BCUT2D eigenvalue weighted by Crippen LogP contribution is 2.12. The number of carbonyl (C=O) groups is 2. The monoisotopic (exact) mass is 262 g/mol. The summed E-state index contributed by atoms with van der Waals surface area (Å²) in [5.41, 5.74) is 1.04. The smallest absolute Gasteiger partial charge is 0.243 e. The molecule has 2 N–H and O–H groups in total. The Morgan fingerprint density at radius 1 is 1.00 bits per heavy atom. The SMILES string of the molecule is CC(=O)N[C@@H](C(=O)N[C@H](C)c1ccccc1)C(C)C. The molecule has 0 radical (unpaired) electrons. The van der Waals surface area contributed by atoms with E-state index in [2.05, 4.69) is 10.6 Å². The van der Waals surface area contributed by atoms with Crippen LogP contribution < -0.4 is 10.6 Å². The zero-order chi connectivity index (χ0) is 14.4. The number of hydrogen-bond donors (Lipinski definition) is 2. The van der Waals surface area contributed by atoms with Crippen LogP contribution in [-0.2, 0) is 9.59 Å². The summed E-state index contributed by atoms with van der Waals surface area (Å²) in [6, 6.07) is 9.16. The number of carbonyl (C=O) groups excluding carboxylic acids is 2. The third-order valence-electron chi connectivity index (χ3n) is 2.97. The summed E-state index contributed by atoms with van der Waals surface area (Å²) in [6.07, 6.45) is 0. The first-order chi connectivity index (χ1) is 8.91. The Morgan fingerprint density at radius 3 is 2.05 bits per heavy atom. The third-order valence-corrected chi connectivity index (χ3v) is 2.97. The highest BCUT2D eigenvalue weighted by Gasteiger charge is 2.24. The van der Waals surface area contributed by atoms with Crippen LogP contribution in [0, 0.1) is 5.92 Å². The van der Waals surface area contributed by atoms with Crippen molar-refractivity contribution in [1.29, 1.82) is 0 Å². The number of hydrogen-bond acceptors (Lipinski definition) is 2. The van der Waals surface area contributed by atoms with Crippen LogP contribution in [0.15, 0.2) is 30.3 Å². The lowest BCUT2D eigenvalue weighted by molar-refractivity contribution is -0.129. The first-order valence-electron chi connectivity index (χ1n) is 6.54. The Balaban J connectivity index is 2.69. The third kappa shape index (κ3) is 4.73. The van der Waals surface area contributed by atoms with Gasteiger partial charge in [0.05, 0.1) is 6.04 Å². The maximum absolute atomic E-state index is 12.2. The van der Waals surface area contributed by atoms with Gasteiger partial charge in [-0.15, -0.1) is 0 Å². The second-order valence-electron chi connectivity index (χ2n) is 5.06. The van der Waals surface area contributed by atoms with Crippen LogP contribution in [-0.4, -0.2) is 17.9 Å². The Kier molecular flexibility index (Phi) is 5.55. The van der Waals surface area contributed by atoms with Gasteiger partial charge in [-0.25, -0.2) is 0 Å². The maximum atomic E-state index is 12.2. The van der Waals surface area contributed by atoms with Crippen molar-refractivity contribution >= 4 is 11.8 Å². The molecule has 4 heteroatoms. The van der Waals surface area contributed by atoms with Gasteiger partial charge in [-0.3, -0.25) is 9.59 Å². The molecule has 0 aliphatic heterocycles. The van der Waals surface area contributed by atoms with E-state index in [1.165, 1.54) is 6.92 Å². The van der Waals surface area contributed by atoms with Gasteiger partial charge in [0.15, 0.2) is 0 Å². The topological polar surface area (TPSA) is 58.2 Å². The summed E-state index contributed by atoms with van der Waals surface area (Å²) in [5, 5.41) is 5.61. The predicted octanol–water partition coefficient (Wildman–Crippen LogP) is 2.02. The number of amides is 2. The van der Waals surface area contributed by atoms with Crippen LogP contribution in [0.2, 0.25) is 0 Å². The lowest BCUT2D eigenvalue weighted by Crippen LogP contribution is -2.49. The van der Waals surface area contributed by atoms with E-state index in [0.29, 0.717) is 0 Å². The van der Waals surface area contributed by atoms with Gasteiger partial charge in [0.2, 0.25) is 11.8 Å². The van der Waals surface area contributed by atoms with Crippen molar-refractivity contribution < 1.29 is 9.59 Å². The molecule has 0 saturated heterocycles. The van der Waals surface area contributed by atoms with Crippen molar-refractivity contribution in [2.24, 2.45) is 5.92 Å². The summed E-state index contributed by atoms with van der Waals surface area (Å²) in [7, 11) is 0. The van der Waals surface area contributed by atoms with Gasteiger partial charge >= 0.3 is 0 Å². The molecule has 0 heterocycles. The molecule has 1 rings (SSSR count). The fourth-order valence-electron chi connectivity index (χ4n) is 1.88. The zero-order valence-electron chi connectivity index (χ0n) is 11.9. The second kappa shape index (κ2) is 6.92. The van der Waals surface area contributed by atoms with Crippen molar-refractivity contribution in [3.05, 3.63) is 35.9 Å². The van der Waals surface area contributed by atoms with Crippen LogP contribution in [0.4, 0.5) is 0 Å². The van der Waals surface area contributed by atoms with Crippen molar-refractivity contribution in [2.75, 3.05) is 0 Å². The van der Waals surface area contributed by atoms with Crippen LogP contribution in [0.3, 0.4) is 0 Å². The van der Waals surface area contributed by atoms with Crippen LogP contribution in [0.1, 0.15) is 39.3 Å². The predicted molar refractivity (Wildman–Crippen MR) is 75.4 cm³/mol. The van der Waals surface area contributed by atoms with Crippen molar-refractivity contribution in [2.45, 2.75) is 39.8 Å². The second-order valence-corrected chi connectivity index (χ2v) is 5.06. The first-order valence-corrected chi connectivity index (χ1v) is 6.54. The molecule has 0 aromatic heterocycles. The van der Waals surface area contributed by atoms with E-state index in [9.17, 15) is 9.59 Å². The summed E-state index contributed by atoms with van der Waals surface area (Å²) < 4.78 is 0. The molecule has 0 saturated carbocycles. The molecule has 2 atom stereocenters. The minimum Gasteiger partial charge on any atom is -0.348 e. The largest absolute Gasteiger partial charge is 0.348 e. The van der Waals surface area contributed by atoms with Crippen molar-refractivity contribution in [3.8, 4) is 0 Å². The zero-order valence-corrected chi connectivity index (χ0v) is 11.9. The number of benzene rings is 1. The summed E-state index contributed by atoms with van der Waals surface area (Å²) in [4.78, 5) is 23.3. The van der Waals surface area contributed by atoms with E-state index in [-0.39, 0.29) is 23.8 Å². The van der Waals surface area contributed by atoms with E-state index in [4.69, 9.17) is 0 Å². The van der Waals surface area contributed by atoms with Gasteiger partial charge in [0.25, 0.3) is 0 Å². The molecule has 104 valence electrons. The van der Waals surface area contributed by atoms with Crippen LogP contribution in [0.5, 0.6) is 0 Å². The summed E-state index contributed by atoms with van der Waals surface area (Å²) in [5.74, 6) is -0.297. The average molecular weight is 262 g/mol.